The average molecular weight is 201 g/mol. The van der Waals surface area contributed by atoms with Gasteiger partial charge in [-0.2, -0.15) is 0 Å². The van der Waals surface area contributed by atoms with Crippen LogP contribution in [-0.4, -0.2) is 62.5 Å². The molecule has 0 fully saturated rings. The second kappa shape index (κ2) is 7.76. The lowest BCUT2D eigenvalue weighted by Crippen LogP contribution is -2.39. The minimum atomic E-state index is 0.189. The van der Waals surface area contributed by atoms with Crippen LogP contribution >= 0.6 is 0 Å². The van der Waals surface area contributed by atoms with Crippen LogP contribution in [0.25, 0.3) is 0 Å². The van der Waals surface area contributed by atoms with Crippen molar-refractivity contribution in [3.63, 3.8) is 0 Å². The Morgan fingerprint density at radius 1 is 1.21 bits per heavy atom. The number of rotatable bonds is 7. The first-order valence-electron chi connectivity index (χ1n) is 5.25. The molecule has 4 nitrogen and oxygen atoms in total. The predicted octanol–water partition coefficient (Wildman–Crippen LogP) is 0.00600. The summed E-state index contributed by atoms with van der Waals surface area (Å²) in [6.45, 7) is 7.87. The van der Waals surface area contributed by atoms with Gasteiger partial charge in [0.1, 0.15) is 0 Å². The fourth-order valence-corrected chi connectivity index (χ4v) is 1.19. The van der Waals surface area contributed by atoms with Gasteiger partial charge >= 0.3 is 0 Å². The number of amides is 1. The summed E-state index contributed by atoms with van der Waals surface area (Å²) < 4.78 is 0. The molecule has 1 amide bonds. The van der Waals surface area contributed by atoms with Gasteiger partial charge in [-0.1, -0.05) is 0 Å². The van der Waals surface area contributed by atoms with Crippen LogP contribution in [0, 0.1) is 0 Å². The lowest BCUT2D eigenvalue weighted by Gasteiger charge is -2.19. The van der Waals surface area contributed by atoms with Gasteiger partial charge in [-0.05, 0) is 27.9 Å². The van der Waals surface area contributed by atoms with E-state index in [4.69, 9.17) is 0 Å². The SMILES string of the molecule is CCN(CC)C(=O)CNCCN(C)C. The molecule has 0 aromatic rings. The van der Waals surface area contributed by atoms with Crippen molar-refractivity contribution in [3.8, 4) is 0 Å². The minimum Gasteiger partial charge on any atom is -0.342 e. The van der Waals surface area contributed by atoms with E-state index in [-0.39, 0.29) is 5.91 Å². The number of hydrogen-bond donors (Lipinski definition) is 1. The van der Waals surface area contributed by atoms with Crippen LogP contribution in [0.15, 0.2) is 0 Å². The van der Waals surface area contributed by atoms with Crippen LogP contribution in [0.5, 0.6) is 0 Å². The topological polar surface area (TPSA) is 35.6 Å². The van der Waals surface area contributed by atoms with E-state index >= 15 is 0 Å². The molecule has 14 heavy (non-hydrogen) atoms. The van der Waals surface area contributed by atoms with Gasteiger partial charge in [0, 0.05) is 26.2 Å². The normalized spacial score (nSPS) is 10.6. The van der Waals surface area contributed by atoms with Gasteiger partial charge in [-0.25, -0.2) is 0 Å². The van der Waals surface area contributed by atoms with Crippen molar-refractivity contribution in [1.29, 1.82) is 0 Å². The molecule has 0 saturated heterocycles. The van der Waals surface area contributed by atoms with Gasteiger partial charge in [-0.3, -0.25) is 4.79 Å². The molecular weight excluding hydrogens is 178 g/mol. The van der Waals surface area contributed by atoms with Crippen molar-refractivity contribution < 1.29 is 4.79 Å². The van der Waals surface area contributed by atoms with Crippen LogP contribution in [0.3, 0.4) is 0 Å². The van der Waals surface area contributed by atoms with Gasteiger partial charge in [0.05, 0.1) is 6.54 Å². The number of carbonyl (C=O) groups is 1. The first-order chi connectivity index (χ1) is 6.61. The van der Waals surface area contributed by atoms with E-state index in [1.54, 1.807) is 0 Å². The molecule has 0 aromatic heterocycles. The minimum absolute atomic E-state index is 0.189. The average Bonchev–Trinajstić information content (AvgIpc) is 2.14. The van der Waals surface area contributed by atoms with Gasteiger partial charge in [-0.15, -0.1) is 0 Å². The zero-order valence-electron chi connectivity index (χ0n) is 9.84. The molecule has 0 radical (unpaired) electrons. The number of carbonyl (C=O) groups excluding carboxylic acids is 1. The molecule has 1 N–H and O–H groups in total. The fraction of sp³-hybridized carbons (Fsp3) is 0.900. The molecule has 0 unspecified atom stereocenters. The van der Waals surface area contributed by atoms with E-state index in [0.29, 0.717) is 6.54 Å². The van der Waals surface area contributed by atoms with Crippen LogP contribution in [0.2, 0.25) is 0 Å². The van der Waals surface area contributed by atoms with E-state index in [1.165, 1.54) is 0 Å². The standard InChI is InChI=1S/C10H23N3O/c1-5-13(6-2)10(14)9-11-7-8-12(3)4/h11H,5-9H2,1-4H3. The maximum absolute atomic E-state index is 11.5. The molecule has 4 heteroatoms. The first kappa shape index (κ1) is 13.4. The molecule has 84 valence electrons. The van der Waals surface area contributed by atoms with Crippen molar-refractivity contribution in [1.82, 2.24) is 15.1 Å². The lowest BCUT2D eigenvalue weighted by molar-refractivity contribution is -0.129. The van der Waals surface area contributed by atoms with Gasteiger partial charge in [0.15, 0.2) is 0 Å². The number of nitrogens with one attached hydrogen (secondary N) is 1. The molecule has 0 aliphatic rings. The Hall–Kier alpha value is -0.610. The third kappa shape index (κ3) is 5.94. The maximum atomic E-state index is 11.5. The van der Waals surface area contributed by atoms with Gasteiger partial charge in [0.25, 0.3) is 0 Å². The highest BCUT2D eigenvalue weighted by Gasteiger charge is 2.07. The molecule has 0 rings (SSSR count). The van der Waals surface area contributed by atoms with E-state index < -0.39 is 0 Å². The van der Waals surface area contributed by atoms with E-state index in [1.807, 2.05) is 32.8 Å². The lowest BCUT2D eigenvalue weighted by atomic mass is 10.4. The molecule has 0 bridgehead atoms. The number of hydrogen-bond acceptors (Lipinski definition) is 3. The molecule has 0 spiro atoms. The molecule has 0 aliphatic heterocycles. The Morgan fingerprint density at radius 2 is 1.79 bits per heavy atom. The monoisotopic (exact) mass is 201 g/mol. The third-order valence-corrected chi connectivity index (χ3v) is 2.13. The Labute approximate surface area is 87.3 Å². The van der Waals surface area contributed by atoms with Crippen LogP contribution in [-0.2, 0) is 4.79 Å². The summed E-state index contributed by atoms with van der Waals surface area (Å²) in [5.41, 5.74) is 0. The molecule has 0 saturated carbocycles. The van der Waals surface area contributed by atoms with E-state index in [9.17, 15) is 4.79 Å². The van der Waals surface area contributed by atoms with Crippen LogP contribution < -0.4 is 5.32 Å². The molecule has 0 heterocycles. The summed E-state index contributed by atoms with van der Waals surface area (Å²) in [6.07, 6.45) is 0. The van der Waals surface area contributed by atoms with E-state index in [2.05, 4.69) is 10.2 Å². The predicted molar refractivity (Wildman–Crippen MR) is 59.4 cm³/mol. The summed E-state index contributed by atoms with van der Waals surface area (Å²) in [6, 6.07) is 0. The molecular formula is C10H23N3O. The second-order valence-electron chi connectivity index (χ2n) is 3.55. The Balaban J connectivity index is 3.52. The summed E-state index contributed by atoms with van der Waals surface area (Å²) in [7, 11) is 4.04. The highest BCUT2D eigenvalue weighted by molar-refractivity contribution is 5.78. The second-order valence-corrected chi connectivity index (χ2v) is 3.55. The smallest absolute Gasteiger partial charge is 0.236 e. The van der Waals surface area contributed by atoms with Crippen LogP contribution in [0.1, 0.15) is 13.8 Å². The molecule has 0 aromatic carbocycles. The largest absolute Gasteiger partial charge is 0.342 e. The highest BCUT2D eigenvalue weighted by atomic mass is 16.2. The molecule has 0 aliphatic carbocycles. The quantitative estimate of drug-likeness (QED) is 0.589. The Morgan fingerprint density at radius 3 is 2.21 bits per heavy atom. The van der Waals surface area contributed by atoms with Crippen molar-refractivity contribution in [2.75, 3.05) is 46.8 Å². The number of likely N-dealkylation sites (N-methyl/N-ethyl adjacent to an activating group) is 2. The highest BCUT2D eigenvalue weighted by Crippen LogP contribution is 1.86. The maximum Gasteiger partial charge on any atom is 0.236 e. The van der Waals surface area contributed by atoms with E-state index in [0.717, 1.165) is 26.2 Å². The van der Waals surface area contributed by atoms with Crippen molar-refractivity contribution in [2.24, 2.45) is 0 Å². The third-order valence-electron chi connectivity index (χ3n) is 2.13. The first-order valence-corrected chi connectivity index (χ1v) is 5.25. The van der Waals surface area contributed by atoms with Gasteiger partial charge < -0.3 is 15.1 Å². The number of nitrogens with zero attached hydrogens (tertiary/aromatic N) is 2. The summed E-state index contributed by atoms with van der Waals surface area (Å²) >= 11 is 0. The summed E-state index contributed by atoms with van der Waals surface area (Å²) in [5.74, 6) is 0.189. The zero-order valence-corrected chi connectivity index (χ0v) is 9.84. The fourth-order valence-electron chi connectivity index (χ4n) is 1.19. The summed E-state index contributed by atoms with van der Waals surface area (Å²) in [4.78, 5) is 15.4. The Bertz CT molecular complexity index is 155. The Kier molecular flexibility index (Phi) is 7.42. The summed E-state index contributed by atoms with van der Waals surface area (Å²) in [5, 5.41) is 3.13. The van der Waals surface area contributed by atoms with Crippen LogP contribution in [0.4, 0.5) is 0 Å². The van der Waals surface area contributed by atoms with Crippen molar-refractivity contribution in [2.45, 2.75) is 13.8 Å². The van der Waals surface area contributed by atoms with Crippen molar-refractivity contribution >= 4 is 5.91 Å². The zero-order chi connectivity index (χ0) is 11.0. The van der Waals surface area contributed by atoms with Gasteiger partial charge in [0.2, 0.25) is 5.91 Å². The van der Waals surface area contributed by atoms with Crippen molar-refractivity contribution in [3.05, 3.63) is 0 Å². The molecule has 0 atom stereocenters.